The lowest BCUT2D eigenvalue weighted by Crippen LogP contribution is -2.41. The Morgan fingerprint density at radius 1 is 1.10 bits per heavy atom. The predicted octanol–water partition coefficient (Wildman–Crippen LogP) is 4.02. The number of hydrogen-bond donors (Lipinski definition) is 2. The maximum Gasteiger partial charge on any atom is 0.248 e. The first-order valence-corrected chi connectivity index (χ1v) is 10.1. The van der Waals surface area contributed by atoms with E-state index in [9.17, 15) is 13.9 Å². The summed E-state index contributed by atoms with van der Waals surface area (Å²) >= 11 is 0. The van der Waals surface area contributed by atoms with Crippen LogP contribution >= 0.6 is 0 Å². The summed E-state index contributed by atoms with van der Waals surface area (Å²) in [5.41, 5.74) is 9.82. The Hall–Kier alpha value is -3.23. The monoisotopic (exact) mass is 421 g/mol. The summed E-state index contributed by atoms with van der Waals surface area (Å²) < 4.78 is 28.2. The molecule has 0 saturated heterocycles. The van der Waals surface area contributed by atoms with Crippen LogP contribution in [-0.2, 0) is 6.61 Å². The van der Waals surface area contributed by atoms with Crippen molar-refractivity contribution in [1.29, 1.82) is 0 Å². The SMILES string of the molecule is N[C@@H](c1cccc(-c2ccc3cnn(-c4cccc(CO)n4)c3c2)n1)C1CC(F)(F)C1. The molecule has 5 rings (SSSR count). The van der Waals surface area contributed by atoms with Gasteiger partial charge in [0.15, 0.2) is 5.82 Å². The van der Waals surface area contributed by atoms with Crippen molar-refractivity contribution < 1.29 is 13.9 Å². The van der Waals surface area contributed by atoms with Crippen molar-refractivity contribution in [3.63, 3.8) is 0 Å². The number of nitrogens with zero attached hydrogens (tertiary/aromatic N) is 4. The lowest BCUT2D eigenvalue weighted by Gasteiger charge is -2.38. The topological polar surface area (TPSA) is 89.8 Å². The fourth-order valence-electron chi connectivity index (χ4n) is 4.03. The van der Waals surface area contributed by atoms with Crippen LogP contribution in [-0.4, -0.2) is 30.8 Å². The third kappa shape index (κ3) is 3.68. The van der Waals surface area contributed by atoms with E-state index in [-0.39, 0.29) is 25.4 Å². The number of aliphatic hydroxyl groups is 1. The van der Waals surface area contributed by atoms with Gasteiger partial charge in [0.2, 0.25) is 5.92 Å². The highest BCUT2D eigenvalue weighted by Gasteiger charge is 2.48. The summed E-state index contributed by atoms with van der Waals surface area (Å²) in [5.74, 6) is -2.26. The minimum absolute atomic E-state index is 0.151. The highest BCUT2D eigenvalue weighted by Crippen LogP contribution is 2.47. The quantitative estimate of drug-likeness (QED) is 0.508. The molecule has 1 aromatic carbocycles. The van der Waals surface area contributed by atoms with E-state index in [4.69, 9.17) is 5.73 Å². The molecule has 0 bridgehead atoms. The Morgan fingerprint density at radius 3 is 2.68 bits per heavy atom. The van der Waals surface area contributed by atoms with E-state index < -0.39 is 12.0 Å². The summed E-state index contributed by atoms with van der Waals surface area (Å²) in [4.78, 5) is 9.09. The molecule has 3 N–H and O–H groups in total. The molecular weight excluding hydrogens is 400 g/mol. The molecule has 1 saturated carbocycles. The van der Waals surface area contributed by atoms with E-state index >= 15 is 0 Å². The third-order valence-electron chi connectivity index (χ3n) is 5.78. The molecule has 1 aliphatic rings. The number of aliphatic hydroxyl groups excluding tert-OH is 1. The molecule has 0 spiro atoms. The Bertz CT molecular complexity index is 1250. The molecule has 0 unspecified atom stereocenters. The number of alkyl halides is 2. The van der Waals surface area contributed by atoms with Crippen molar-refractivity contribution in [3.05, 3.63) is 72.2 Å². The third-order valence-corrected chi connectivity index (χ3v) is 5.78. The van der Waals surface area contributed by atoms with Gasteiger partial charge in [0, 0.05) is 23.8 Å². The first-order chi connectivity index (χ1) is 14.9. The molecule has 0 amide bonds. The van der Waals surface area contributed by atoms with Gasteiger partial charge in [-0.1, -0.05) is 24.3 Å². The van der Waals surface area contributed by atoms with Crippen LogP contribution in [0.1, 0.15) is 30.3 Å². The van der Waals surface area contributed by atoms with Gasteiger partial charge in [0.1, 0.15) is 0 Å². The molecule has 1 atom stereocenters. The fraction of sp³-hybridized carbons (Fsp3) is 0.261. The van der Waals surface area contributed by atoms with Crippen LogP contribution in [0.5, 0.6) is 0 Å². The van der Waals surface area contributed by atoms with Crippen LogP contribution < -0.4 is 5.73 Å². The number of hydrogen-bond acceptors (Lipinski definition) is 5. The Labute approximate surface area is 177 Å². The average molecular weight is 421 g/mol. The van der Waals surface area contributed by atoms with Crippen LogP contribution in [0.2, 0.25) is 0 Å². The van der Waals surface area contributed by atoms with Crippen molar-refractivity contribution in [2.24, 2.45) is 11.7 Å². The summed E-state index contributed by atoms with van der Waals surface area (Å²) in [7, 11) is 0. The number of pyridine rings is 2. The summed E-state index contributed by atoms with van der Waals surface area (Å²) in [6.07, 6.45) is 1.37. The highest BCUT2D eigenvalue weighted by molar-refractivity contribution is 5.84. The molecular formula is C23H21F2N5O. The molecule has 6 nitrogen and oxygen atoms in total. The maximum absolute atomic E-state index is 13.2. The summed E-state index contributed by atoms with van der Waals surface area (Å²) in [5, 5.41) is 14.7. The number of halogens is 2. The highest BCUT2D eigenvalue weighted by atomic mass is 19.3. The lowest BCUT2D eigenvalue weighted by molar-refractivity contribution is -0.117. The largest absolute Gasteiger partial charge is 0.390 e. The van der Waals surface area contributed by atoms with Crippen molar-refractivity contribution in [3.8, 4) is 17.1 Å². The van der Waals surface area contributed by atoms with E-state index in [1.807, 2.05) is 42.5 Å². The van der Waals surface area contributed by atoms with Gasteiger partial charge in [-0.15, -0.1) is 0 Å². The van der Waals surface area contributed by atoms with Crippen molar-refractivity contribution >= 4 is 10.9 Å². The van der Waals surface area contributed by atoms with Gasteiger partial charge in [-0.05, 0) is 36.2 Å². The molecule has 0 aliphatic heterocycles. The molecule has 0 radical (unpaired) electrons. The normalized spacial score (nSPS) is 16.9. The van der Waals surface area contributed by atoms with Crippen LogP contribution in [0.15, 0.2) is 60.8 Å². The molecule has 4 aromatic rings. The fourth-order valence-corrected chi connectivity index (χ4v) is 4.03. The van der Waals surface area contributed by atoms with Crippen LogP contribution in [0.3, 0.4) is 0 Å². The smallest absolute Gasteiger partial charge is 0.248 e. The van der Waals surface area contributed by atoms with Crippen LogP contribution in [0.25, 0.3) is 28.0 Å². The zero-order valence-electron chi connectivity index (χ0n) is 16.6. The summed E-state index contributed by atoms with van der Waals surface area (Å²) in [6, 6.07) is 16.2. The average Bonchev–Trinajstić information content (AvgIpc) is 3.20. The van der Waals surface area contributed by atoms with Crippen LogP contribution in [0.4, 0.5) is 8.78 Å². The predicted molar refractivity (Wildman–Crippen MR) is 113 cm³/mol. The molecule has 31 heavy (non-hydrogen) atoms. The van der Waals surface area contributed by atoms with Gasteiger partial charge in [-0.3, -0.25) is 4.98 Å². The molecule has 3 heterocycles. The van der Waals surface area contributed by atoms with E-state index in [1.54, 1.807) is 23.0 Å². The zero-order valence-corrected chi connectivity index (χ0v) is 16.6. The molecule has 3 aromatic heterocycles. The minimum Gasteiger partial charge on any atom is -0.390 e. The van der Waals surface area contributed by atoms with Crippen LogP contribution in [0, 0.1) is 5.92 Å². The second-order valence-corrected chi connectivity index (χ2v) is 7.97. The van der Waals surface area contributed by atoms with Crippen molar-refractivity contribution in [2.45, 2.75) is 31.4 Å². The number of benzene rings is 1. The Kier molecular flexibility index (Phi) is 4.75. The second kappa shape index (κ2) is 7.47. The van der Waals surface area contributed by atoms with E-state index in [0.717, 1.165) is 16.5 Å². The molecule has 158 valence electrons. The van der Waals surface area contributed by atoms with Gasteiger partial charge in [0.05, 0.1) is 41.4 Å². The van der Waals surface area contributed by atoms with Gasteiger partial charge >= 0.3 is 0 Å². The van der Waals surface area contributed by atoms with Gasteiger partial charge in [-0.25, -0.2) is 18.4 Å². The summed E-state index contributed by atoms with van der Waals surface area (Å²) in [6.45, 7) is -0.151. The van der Waals surface area contributed by atoms with E-state index in [2.05, 4.69) is 15.1 Å². The number of aromatic nitrogens is 4. The first-order valence-electron chi connectivity index (χ1n) is 10.1. The van der Waals surface area contributed by atoms with Gasteiger partial charge in [-0.2, -0.15) is 5.10 Å². The van der Waals surface area contributed by atoms with E-state index in [1.165, 1.54) is 0 Å². The number of nitrogens with two attached hydrogens (primary N) is 1. The van der Waals surface area contributed by atoms with E-state index in [0.29, 0.717) is 22.9 Å². The standard InChI is InChI=1S/C23H21F2N5O/c24-23(25)10-16(11-23)22(26)19-5-2-4-18(29-19)14-7-8-15-12-27-30(20(15)9-14)21-6-1-3-17(13-31)28-21/h1-9,12,16,22,31H,10-11,13,26H2/t22-/m1/s1. The molecule has 1 aliphatic carbocycles. The van der Waals surface area contributed by atoms with Gasteiger partial charge < -0.3 is 10.8 Å². The first kappa shape index (κ1) is 19.7. The Balaban J connectivity index is 1.50. The molecule has 1 fully saturated rings. The van der Waals surface area contributed by atoms with Crippen molar-refractivity contribution in [1.82, 2.24) is 19.7 Å². The number of fused-ring (bicyclic) bond motifs is 1. The second-order valence-electron chi connectivity index (χ2n) is 7.97. The lowest BCUT2D eigenvalue weighted by atomic mass is 9.75. The van der Waals surface area contributed by atoms with Crippen molar-refractivity contribution in [2.75, 3.05) is 0 Å². The minimum atomic E-state index is -2.61. The maximum atomic E-state index is 13.2. The zero-order chi connectivity index (χ0) is 21.6. The molecule has 8 heteroatoms. The Morgan fingerprint density at radius 2 is 1.90 bits per heavy atom. The van der Waals surface area contributed by atoms with Gasteiger partial charge in [0.25, 0.3) is 0 Å². The number of rotatable bonds is 5.